The third-order valence-corrected chi connectivity index (χ3v) is 2.41. The Hall–Kier alpha value is -1.51. The third kappa shape index (κ3) is 2.72. The monoisotopic (exact) mass is 204 g/mol. The average Bonchev–Trinajstić information content (AvgIpc) is 2.31. The third-order valence-electron chi connectivity index (χ3n) is 2.41. The summed E-state index contributed by atoms with van der Waals surface area (Å²) in [4.78, 5) is 13.4. The number of likely N-dealkylation sites (tertiary alicyclic amines) is 1. The first kappa shape index (κ1) is 10.0. The van der Waals surface area contributed by atoms with E-state index in [0.29, 0.717) is 5.75 Å². The predicted molar refractivity (Wildman–Crippen MR) is 57.6 cm³/mol. The molecule has 1 radical (unpaired) electrons. The van der Waals surface area contributed by atoms with Crippen molar-refractivity contribution in [2.45, 2.75) is 12.8 Å². The van der Waals surface area contributed by atoms with Crippen LogP contribution < -0.4 is 4.74 Å². The van der Waals surface area contributed by atoms with Crippen LogP contribution >= 0.6 is 0 Å². The fourth-order valence-electron chi connectivity index (χ4n) is 1.59. The van der Waals surface area contributed by atoms with Crippen molar-refractivity contribution in [2.75, 3.05) is 13.1 Å². The number of amides is 1. The predicted octanol–water partition coefficient (Wildman–Crippen LogP) is 2.49. The largest absolute Gasteiger partial charge is 0.415 e. The maximum atomic E-state index is 11.7. The molecule has 0 atom stereocenters. The first-order chi connectivity index (χ1) is 7.36. The summed E-state index contributed by atoms with van der Waals surface area (Å²) in [5.74, 6) is 0.608. The lowest BCUT2D eigenvalue weighted by Gasteiger charge is -2.25. The van der Waals surface area contributed by atoms with Gasteiger partial charge >= 0.3 is 6.09 Å². The van der Waals surface area contributed by atoms with Gasteiger partial charge in [0, 0.05) is 13.1 Å². The SMILES string of the molecule is O=C(Oc1ccccc1)N1CC[CH]CC1. The summed E-state index contributed by atoms with van der Waals surface area (Å²) in [6, 6.07) is 9.17. The van der Waals surface area contributed by atoms with E-state index in [2.05, 4.69) is 6.42 Å². The normalized spacial score (nSPS) is 16.1. The lowest BCUT2D eigenvalue weighted by molar-refractivity contribution is 0.148. The van der Waals surface area contributed by atoms with E-state index in [-0.39, 0.29) is 6.09 Å². The number of benzene rings is 1. The lowest BCUT2D eigenvalue weighted by Crippen LogP contribution is -2.37. The molecular weight excluding hydrogens is 190 g/mol. The molecule has 1 amide bonds. The van der Waals surface area contributed by atoms with Gasteiger partial charge in [-0.2, -0.15) is 0 Å². The molecule has 1 saturated heterocycles. The van der Waals surface area contributed by atoms with Gasteiger partial charge in [0.1, 0.15) is 5.75 Å². The molecule has 1 aliphatic rings. The van der Waals surface area contributed by atoms with Crippen LogP contribution in [0.2, 0.25) is 0 Å². The fraction of sp³-hybridized carbons (Fsp3) is 0.333. The molecule has 0 spiro atoms. The number of para-hydroxylation sites is 1. The molecule has 0 bridgehead atoms. The second-order valence-electron chi connectivity index (χ2n) is 3.53. The Kier molecular flexibility index (Phi) is 3.22. The number of nitrogens with zero attached hydrogens (tertiary/aromatic N) is 1. The van der Waals surface area contributed by atoms with Crippen LogP contribution in [0, 0.1) is 6.42 Å². The maximum absolute atomic E-state index is 11.7. The highest BCUT2D eigenvalue weighted by atomic mass is 16.6. The summed E-state index contributed by atoms with van der Waals surface area (Å²) in [6.07, 6.45) is 3.88. The second kappa shape index (κ2) is 4.82. The minimum absolute atomic E-state index is 0.241. The Morgan fingerprint density at radius 1 is 1.13 bits per heavy atom. The van der Waals surface area contributed by atoms with Crippen molar-refractivity contribution in [1.82, 2.24) is 4.90 Å². The molecule has 2 rings (SSSR count). The fourth-order valence-corrected chi connectivity index (χ4v) is 1.59. The standard InChI is InChI=1S/C12H14NO2/c14-12(13-9-5-2-6-10-13)15-11-7-3-1-4-8-11/h1-4,7-8H,5-6,9-10H2. The van der Waals surface area contributed by atoms with E-state index in [1.165, 1.54) is 0 Å². The van der Waals surface area contributed by atoms with E-state index in [9.17, 15) is 4.79 Å². The quantitative estimate of drug-likeness (QED) is 0.703. The van der Waals surface area contributed by atoms with Gasteiger partial charge in [0.2, 0.25) is 0 Å². The molecule has 0 aromatic heterocycles. The molecule has 0 aliphatic carbocycles. The van der Waals surface area contributed by atoms with E-state index in [1.54, 1.807) is 17.0 Å². The molecular formula is C12H14NO2. The van der Waals surface area contributed by atoms with Crippen molar-refractivity contribution in [3.8, 4) is 5.75 Å². The van der Waals surface area contributed by atoms with Crippen molar-refractivity contribution < 1.29 is 9.53 Å². The summed E-state index contributed by atoms with van der Waals surface area (Å²) in [7, 11) is 0. The van der Waals surface area contributed by atoms with Crippen LogP contribution in [0.3, 0.4) is 0 Å². The van der Waals surface area contributed by atoms with Crippen molar-refractivity contribution in [3.05, 3.63) is 36.8 Å². The summed E-state index contributed by atoms with van der Waals surface area (Å²) >= 11 is 0. The van der Waals surface area contributed by atoms with Gasteiger partial charge in [-0.1, -0.05) is 18.2 Å². The highest BCUT2D eigenvalue weighted by molar-refractivity contribution is 5.70. The van der Waals surface area contributed by atoms with Gasteiger partial charge < -0.3 is 9.64 Å². The van der Waals surface area contributed by atoms with Crippen molar-refractivity contribution in [1.29, 1.82) is 0 Å². The van der Waals surface area contributed by atoms with Gasteiger partial charge in [-0.25, -0.2) is 4.79 Å². The molecule has 0 N–H and O–H groups in total. The average molecular weight is 204 g/mol. The summed E-state index contributed by atoms with van der Waals surface area (Å²) < 4.78 is 5.23. The van der Waals surface area contributed by atoms with Crippen LogP contribution in [-0.2, 0) is 0 Å². The van der Waals surface area contributed by atoms with Gasteiger partial charge in [-0.3, -0.25) is 0 Å². The molecule has 1 heterocycles. The van der Waals surface area contributed by atoms with Crippen LogP contribution in [0.15, 0.2) is 30.3 Å². The Morgan fingerprint density at radius 3 is 2.47 bits per heavy atom. The summed E-state index contributed by atoms with van der Waals surface area (Å²) in [6.45, 7) is 1.54. The van der Waals surface area contributed by atoms with Gasteiger partial charge in [-0.15, -0.1) is 0 Å². The highest BCUT2D eigenvalue weighted by Crippen LogP contribution is 2.13. The number of carbonyl (C=O) groups excluding carboxylic acids is 1. The number of hydrogen-bond donors (Lipinski definition) is 0. The number of rotatable bonds is 1. The second-order valence-corrected chi connectivity index (χ2v) is 3.53. The zero-order valence-corrected chi connectivity index (χ0v) is 8.56. The van der Waals surface area contributed by atoms with E-state index in [4.69, 9.17) is 4.74 Å². The van der Waals surface area contributed by atoms with Crippen LogP contribution in [0.5, 0.6) is 5.75 Å². The summed E-state index contributed by atoms with van der Waals surface area (Å²) in [5, 5.41) is 0. The Bertz CT molecular complexity index is 318. The molecule has 1 fully saturated rings. The molecule has 15 heavy (non-hydrogen) atoms. The van der Waals surface area contributed by atoms with Gasteiger partial charge in [0.05, 0.1) is 0 Å². The zero-order chi connectivity index (χ0) is 10.5. The van der Waals surface area contributed by atoms with E-state index < -0.39 is 0 Å². The molecule has 3 nitrogen and oxygen atoms in total. The minimum atomic E-state index is -0.241. The molecule has 79 valence electrons. The smallest absolute Gasteiger partial charge is 0.410 e. The van der Waals surface area contributed by atoms with Gasteiger partial charge in [0.15, 0.2) is 0 Å². The van der Waals surface area contributed by atoms with Crippen molar-refractivity contribution in [2.24, 2.45) is 0 Å². The van der Waals surface area contributed by atoms with Gasteiger partial charge in [-0.05, 0) is 31.4 Å². The van der Waals surface area contributed by atoms with E-state index in [0.717, 1.165) is 25.9 Å². The molecule has 1 aliphatic heterocycles. The number of ether oxygens (including phenoxy) is 1. The van der Waals surface area contributed by atoms with E-state index >= 15 is 0 Å². The summed E-state index contributed by atoms with van der Waals surface area (Å²) in [5.41, 5.74) is 0. The zero-order valence-electron chi connectivity index (χ0n) is 8.56. The number of piperidine rings is 1. The van der Waals surface area contributed by atoms with E-state index in [1.807, 2.05) is 18.2 Å². The lowest BCUT2D eigenvalue weighted by atomic mass is 10.1. The molecule has 3 heteroatoms. The Morgan fingerprint density at radius 2 is 1.80 bits per heavy atom. The topological polar surface area (TPSA) is 29.5 Å². The maximum Gasteiger partial charge on any atom is 0.415 e. The van der Waals surface area contributed by atoms with Gasteiger partial charge in [0.25, 0.3) is 0 Å². The first-order valence-corrected chi connectivity index (χ1v) is 5.20. The van der Waals surface area contributed by atoms with Crippen molar-refractivity contribution in [3.63, 3.8) is 0 Å². The van der Waals surface area contributed by atoms with Crippen LogP contribution in [0.25, 0.3) is 0 Å². The molecule has 1 aromatic rings. The van der Waals surface area contributed by atoms with Crippen LogP contribution in [0.1, 0.15) is 12.8 Å². The number of carbonyl (C=O) groups is 1. The highest BCUT2D eigenvalue weighted by Gasteiger charge is 2.17. The minimum Gasteiger partial charge on any atom is -0.410 e. The molecule has 0 saturated carbocycles. The van der Waals surface area contributed by atoms with Crippen molar-refractivity contribution >= 4 is 6.09 Å². The Balaban J connectivity index is 1.91. The first-order valence-electron chi connectivity index (χ1n) is 5.20. The number of hydrogen-bond acceptors (Lipinski definition) is 2. The van der Waals surface area contributed by atoms with Crippen LogP contribution in [0.4, 0.5) is 4.79 Å². The molecule has 1 aromatic carbocycles. The van der Waals surface area contributed by atoms with Crippen LogP contribution in [-0.4, -0.2) is 24.1 Å². The molecule has 0 unspecified atom stereocenters. The Labute approximate surface area is 89.7 Å².